The number of aromatic nitrogens is 1. The average molecular weight is 289 g/mol. The minimum atomic E-state index is -0.734. The van der Waals surface area contributed by atoms with E-state index in [2.05, 4.69) is 10.3 Å². The van der Waals surface area contributed by atoms with Crippen LogP contribution in [0.1, 0.15) is 32.4 Å². The molecular weight excluding hydrogens is 270 g/mol. The van der Waals surface area contributed by atoms with Crippen LogP contribution in [0.4, 0.5) is 4.79 Å². The van der Waals surface area contributed by atoms with Crippen molar-refractivity contribution in [2.75, 3.05) is 6.61 Å². The number of amides is 3. The van der Waals surface area contributed by atoms with Gasteiger partial charge in [0.1, 0.15) is 11.3 Å². The van der Waals surface area contributed by atoms with Crippen molar-refractivity contribution >= 4 is 11.9 Å². The fourth-order valence-electron chi connectivity index (χ4n) is 2.72. The number of rotatable bonds is 5. The first-order valence-corrected chi connectivity index (χ1v) is 7.26. The van der Waals surface area contributed by atoms with Crippen LogP contribution in [0, 0.1) is 5.92 Å². The van der Waals surface area contributed by atoms with E-state index in [0.717, 1.165) is 12.8 Å². The molecule has 0 spiro atoms. The highest BCUT2D eigenvalue weighted by molar-refractivity contribution is 6.07. The number of carbonyl (C=O) groups is 2. The molecule has 2 aliphatic rings. The van der Waals surface area contributed by atoms with Gasteiger partial charge in [-0.05, 0) is 44.7 Å². The van der Waals surface area contributed by atoms with E-state index in [0.29, 0.717) is 18.1 Å². The van der Waals surface area contributed by atoms with Gasteiger partial charge in [0.2, 0.25) is 0 Å². The van der Waals surface area contributed by atoms with Crippen LogP contribution in [0.25, 0.3) is 0 Å². The number of nitrogens with one attached hydrogen (secondary N) is 1. The summed E-state index contributed by atoms with van der Waals surface area (Å²) in [6.07, 6.45) is 3.60. The Bertz CT molecular complexity index is 568. The zero-order chi connectivity index (χ0) is 15.0. The van der Waals surface area contributed by atoms with E-state index in [9.17, 15) is 9.59 Å². The first-order valence-electron chi connectivity index (χ1n) is 7.26. The molecule has 21 heavy (non-hydrogen) atoms. The van der Waals surface area contributed by atoms with Crippen molar-refractivity contribution in [1.82, 2.24) is 15.2 Å². The highest BCUT2D eigenvalue weighted by Gasteiger charge is 2.55. The molecule has 1 saturated heterocycles. The third kappa shape index (κ3) is 2.46. The molecule has 112 valence electrons. The topological polar surface area (TPSA) is 71.5 Å². The van der Waals surface area contributed by atoms with Gasteiger partial charge in [-0.2, -0.15) is 0 Å². The second kappa shape index (κ2) is 5.02. The number of pyridine rings is 1. The van der Waals surface area contributed by atoms with Crippen LogP contribution >= 0.6 is 0 Å². The Morgan fingerprint density at radius 2 is 2.19 bits per heavy atom. The van der Waals surface area contributed by atoms with Crippen LogP contribution < -0.4 is 10.1 Å². The van der Waals surface area contributed by atoms with E-state index >= 15 is 0 Å². The van der Waals surface area contributed by atoms with Gasteiger partial charge >= 0.3 is 6.03 Å². The van der Waals surface area contributed by atoms with Gasteiger partial charge in [-0.15, -0.1) is 0 Å². The van der Waals surface area contributed by atoms with Crippen molar-refractivity contribution < 1.29 is 14.3 Å². The van der Waals surface area contributed by atoms with Crippen molar-refractivity contribution in [3.05, 3.63) is 24.0 Å². The van der Waals surface area contributed by atoms with Crippen molar-refractivity contribution in [2.24, 2.45) is 5.92 Å². The van der Waals surface area contributed by atoms with Crippen molar-refractivity contribution in [2.45, 2.75) is 38.8 Å². The lowest BCUT2D eigenvalue weighted by atomic mass is 9.96. The number of urea groups is 1. The maximum absolute atomic E-state index is 12.5. The summed E-state index contributed by atoms with van der Waals surface area (Å²) >= 11 is 0. The molecule has 0 aromatic carbocycles. The lowest BCUT2D eigenvalue weighted by Gasteiger charge is -2.20. The number of nitrogens with zero attached hydrogens (tertiary/aromatic N) is 2. The third-order valence-corrected chi connectivity index (χ3v) is 4.12. The van der Waals surface area contributed by atoms with Crippen molar-refractivity contribution in [1.29, 1.82) is 0 Å². The molecule has 1 aromatic heterocycles. The largest absolute Gasteiger partial charge is 0.492 e. The molecule has 2 fully saturated rings. The van der Waals surface area contributed by atoms with E-state index < -0.39 is 5.54 Å². The molecule has 6 nitrogen and oxygen atoms in total. The summed E-state index contributed by atoms with van der Waals surface area (Å²) in [7, 11) is 0. The molecule has 1 atom stereocenters. The molecule has 0 unspecified atom stereocenters. The molecule has 1 aliphatic carbocycles. The fourth-order valence-corrected chi connectivity index (χ4v) is 2.72. The second-order valence-corrected chi connectivity index (χ2v) is 5.72. The van der Waals surface area contributed by atoms with Gasteiger partial charge < -0.3 is 10.1 Å². The molecule has 1 aliphatic heterocycles. The monoisotopic (exact) mass is 289 g/mol. The summed E-state index contributed by atoms with van der Waals surface area (Å²) in [5, 5.41) is 2.83. The van der Waals surface area contributed by atoms with Gasteiger partial charge in [0.05, 0.1) is 25.0 Å². The average Bonchev–Trinajstić information content (AvgIpc) is 3.27. The van der Waals surface area contributed by atoms with Crippen molar-refractivity contribution in [3.8, 4) is 5.75 Å². The van der Waals surface area contributed by atoms with Crippen molar-refractivity contribution in [3.63, 3.8) is 0 Å². The molecule has 0 radical (unpaired) electrons. The number of imide groups is 1. The quantitative estimate of drug-likeness (QED) is 0.837. The summed E-state index contributed by atoms with van der Waals surface area (Å²) in [5.74, 6) is 0.805. The molecule has 6 heteroatoms. The van der Waals surface area contributed by atoms with E-state index in [-0.39, 0.29) is 24.4 Å². The van der Waals surface area contributed by atoms with Crippen LogP contribution in [0.3, 0.4) is 0 Å². The van der Waals surface area contributed by atoms with E-state index in [1.54, 1.807) is 18.3 Å². The molecule has 0 bridgehead atoms. The molecule has 1 aromatic rings. The fraction of sp³-hybridized carbons (Fsp3) is 0.533. The zero-order valence-electron chi connectivity index (χ0n) is 12.3. The third-order valence-electron chi connectivity index (χ3n) is 4.12. The number of hydrogen-bond donors (Lipinski definition) is 1. The summed E-state index contributed by atoms with van der Waals surface area (Å²) in [6.45, 7) is 4.49. The minimum absolute atomic E-state index is 0.148. The first kappa shape index (κ1) is 13.9. The predicted octanol–water partition coefficient (Wildman–Crippen LogP) is 1.70. The van der Waals surface area contributed by atoms with E-state index in [1.807, 2.05) is 13.8 Å². The normalized spacial score (nSPS) is 25.1. The molecule has 3 rings (SSSR count). The SMILES string of the molecule is CCOc1ccc(CN2C(=O)N[C@](C)(C3CC3)C2=O)nc1. The van der Waals surface area contributed by atoms with Crippen LogP contribution in [0.5, 0.6) is 5.75 Å². The molecular formula is C15H19N3O3. The Labute approximate surface area is 123 Å². The molecule has 2 heterocycles. The minimum Gasteiger partial charge on any atom is -0.492 e. The molecule has 1 N–H and O–H groups in total. The summed E-state index contributed by atoms with van der Waals surface area (Å²) in [4.78, 5) is 30.0. The Morgan fingerprint density at radius 3 is 2.76 bits per heavy atom. The maximum Gasteiger partial charge on any atom is 0.325 e. The van der Waals surface area contributed by atoms with Crippen LogP contribution in [-0.4, -0.2) is 34.0 Å². The smallest absolute Gasteiger partial charge is 0.325 e. The number of carbonyl (C=O) groups excluding carboxylic acids is 2. The standard InChI is InChI=1S/C15H19N3O3/c1-3-21-12-7-6-11(16-8-12)9-18-13(19)15(2,10-4-5-10)17-14(18)20/h6-8,10H,3-5,9H2,1-2H3,(H,17,20)/t15-/m1/s1. The Balaban J connectivity index is 1.72. The Hall–Kier alpha value is -2.11. The van der Waals surface area contributed by atoms with Crippen LogP contribution in [0.15, 0.2) is 18.3 Å². The Morgan fingerprint density at radius 1 is 1.43 bits per heavy atom. The van der Waals surface area contributed by atoms with Gasteiger partial charge in [-0.25, -0.2) is 4.79 Å². The second-order valence-electron chi connectivity index (χ2n) is 5.72. The maximum atomic E-state index is 12.5. The Kier molecular flexibility index (Phi) is 3.31. The zero-order valence-corrected chi connectivity index (χ0v) is 12.3. The highest BCUT2D eigenvalue weighted by Crippen LogP contribution is 2.42. The molecule has 3 amide bonds. The van der Waals surface area contributed by atoms with E-state index in [4.69, 9.17) is 4.74 Å². The van der Waals surface area contributed by atoms with Gasteiger partial charge in [-0.1, -0.05) is 0 Å². The van der Waals surface area contributed by atoms with Gasteiger partial charge in [0.25, 0.3) is 5.91 Å². The number of ether oxygens (including phenoxy) is 1. The lowest BCUT2D eigenvalue weighted by molar-refractivity contribution is -0.131. The number of hydrogen-bond acceptors (Lipinski definition) is 4. The van der Waals surface area contributed by atoms with Gasteiger partial charge in [-0.3, -0.25) is 14.7 Å². The van der Waals surface area contributed by atoms with Crippen LogP contribution in [-0.2, 0) is 11.3 Å². The summed E-state index contributed by atoms with van der Waals surface area (Å²) < 4.78 is 5.32. The van der Waals surface area contributed by atoms with Crippen LogP contribution in [0.2, 0.25) is 0 Å². The summed E-state index contributed by atoms with van der Waals surface area (Å²) in [6, 6.07) is 3.24. The molecule has 1 saturated carbocycles. The summed E-state index contributed by atoms with van der Waals surface area (Å²) in [5.41, 5.74) is -0.0653. The first-order chi connectivity index (χ1) is 10.0. The van der Waals surface area contributed by atoms with Gasteiger partial charge in [0.15, 0.2) is 0 Å². The lowest BCUT2D eigenvalue weighted by Crippen LogP contribution is -2.46. The van der Waals surface area contributed by atoms with E-state index in [1.165, 1.54) is 4.90 Å². The van der Waals surface area contributed by atoms with Gasteiger partial charge in [0, 0.05) is 0 Å². The predicted molar refractivity (Wildman–Crippen MR) is 75.6 cm³/mol. The highest BCUT2D eigenvalue weighted by atomic mass is 16.5.